The summed E-state index contributed by atoms with van der Waals surface area (Å²) < 4.78 is 65.0. The molecule has 118 valence electrons. The zero-order valence-electron chi connectivity index (χ0n) is 10.4. The van der Waals surface area contributed by atoms with Gasteiger partial charge in [-0.3, -0.25) is 5.43 Å². The molecule has 0 saturated carbocycles. The van der Waals surface area contributed by atoms with Crippen molar-refractivity contribution in [1.82, 2.24) is 4.98 Å². The van der Waals surface area contributed by atoms with E-state index < -0.39 is 33.4 Å². The van der Waals surface area contributed by atoms with Gasteiger partial charge in [-0.15, -0.1) is 11.3 Å². The van der Waals surface area contributed by atoms with E-state index in [9.17, 15) is 22.0 Å². The highest BCUT2D eigenvalue weighted by atomic mass is 79.9. The van der Waals surface area contributed by atoms with Gasteiger partial charge in [0, 0.05) is 5.38 Å². The maximum Gasteiger partial charge on any atom is 0.419 e. The Hall–Kier alpha value is -1.75. The van der Waals surface area contributed by atoms with Crippen LogP contribution in [0, 0.1) is 11.6 Å². The Balaban J connectivity index is 2.35. The molecule has 0 atom stereocenters. The normalized spacial score (nSPS) is 12.1. The maximum absolute atomic E-state index is 13.8. The number of hydrazone groups is 1. The van der Waals surface area contributed by atoms with Crippen molar-refractivity contribution in [2.24, 2.45) is 5.10 Å². The summed E-state index contributed by atoms with van der Waals surface area (Å²) in [5, 5.41) is 5.17. The number of halogens is 6. The highest BCUT2D eigenvalue weighted by Gasteiger charge is 2.36. The molecule has 11 heteroatoms. The number of nitrogen functional groups attached to an aromatic ring is 1. The number of nitrogens with two attached hydrogens (primary N) is 1. The van der Waals surface area contributed by atoms with E-state index in [1.807, 2.05) is 0 Å². The van der Waals surface area contributed by atoms with Crippen molar-refractivity contribution in [3.63, 3.8) is 0 Å². The highest BCUT2D eigenvalue weighted by Crippen LogP contribution is 2.35. The molecule has 2 rings (SSSR count). The summed E-state index contributed by atoms with van der Waals surface area (Å²) in [5.41, 5.74) is 5.14. The first-order chi connectivity index (χ1) is 10.2. The van der Waals surface area contributed by atoms with Crippen LogP contribution in [0.15, 0.2) is 21.0 Å². The van der Waals surface area contributed by atoms with Gasteiger partial charge < -0.3 is 5.73 Å². The zero-order chi connectivity index (χ0) is 16.5. The molecule has 2 aromatic rings. The molecule has 0 aliphatic rings. The zero-order valence-corrected chi connectivity index (χ0v) is 12.8. The van der Waals surface area contributed by atoms with Gasteiger partial charge in [-0.2, -0.15) is 18.3 Å². The Morgan fingerprint density at radius 3 is 2.55 bits per heavy atom. The molecule has 0 fully saturated rings. The predicted octanol–water partition coefficient (Wildman–Crippen LogP) is 4.23. The quantitative estimate of drug-likeness (QED) is 0.350. The molecule has 3 N–H and O–H groups in total. The number of hydrogen-bond donors (Lipinski definition) is 2. The summed E-state index contributed by atoms with van der Waals surface area (Å²) in [6.45, 7) is 0. The molecule has 0 saturated heterocycles. The minimum atomic E-state index is -4.96. The number of hydrogen-bond acceptors (Lipinski definition) is 5. The van der Waals surface area contributed by atoms with E-state index in [1.54, 1.807) is 0 Å². The lowest BCUT2D eigenvalue weighted by atomic mass is 10.1. The van der Waals surface area contributed by atoms with E-state index in [2.05, 4.69) is 31.4 Å². The van der Waals surface area contributed by atoms with E-state index in [0.717, 1.165) is 11.3 Å². The second kappa shape index (κ2) is 6.16. The molecule has 22 heavy (non-hydrogen) atoms. The standard InChI is InChI=1S/C11H6BrF5N4S/c12-6-1-5(11(15,16)17)8(13)4(9(6)14)2-19-21-10-20-7(18)3-22-10/h1-3H,18H2,(H,20,21). The van der Waals surface area contributed by atoms with Crippen molar-refractivity contribution in [1.29, 1.82) is 0 Å². The SMILES string of the molecule is Nc1csc(NN=Cc2c(F)c(Br)cc(C(F)(F)F)c2F)n1. The van der Waals surface area contributed by atoms with Gasteiger partial charge >= 0.3 is 6.18 Å². The molecule has 4 nitrogen and oxygen atoms in total. The Labute approximate surface area is 133 Å². The number of rotatable bonds is 3. The molecular formula is C11H6BrF5N4S. The second-order valence-electron chi connectivity index (χ2n) is 3.89. The fourth-order valence-electron chi connectivity index (χ4n) is 1.43. The van der Waals surface area contributed by atoms with E-state index in [4.69, 9.17) is 5.73 Å². The van der Waals surface area contributed by atoms with E-state index in [0.29, 0.717) is 12.3 Å². The Bertz CT molecular complexity index is 728. The van der Waals surface area contributed by atoms with Crippen LogP contribution in [0.25, 0.3) is 0 Å². The van der Waals surface area contributed by atoms with Crippen LogP contribution in [0.4, 0.5) is 32.9 Å². The fourth-order valence-corrected chi connectivity index (χ4v) is 2.42. The molecule has 1 heterocycles. The molecule has 0 amide bonds. The first-order valence-corrected chi connectivity index (χ1v) is 7.12. The number of nitrogens with one attached hydrogen (secondary N) is 1. The van der Waals surface area contributed by atoms with Crippen molar-refractivity contribution in [3.05, 3.63) is 38.7 Å². The van der Waals surface area contributed by atoms with E-state index >= 15 is 0 Å². The van der Waals surface area contributed by atoms with Crippen LogP contribution >= 0.6 is 27.3 Å². The molecule has 0 aliphatic heterocycles. The minimum Gasteiger partial charge on any atom is -0.383 e. The van der Waals surface area contributed by atoms with Crippen LogP contribution in [0.5, 0.6) is 0 Å². The van der Waals surface area contributed by atoms with Crippen molar-refractivity contribution >= 4 is 44.4 Å². The van der Waals surface area contributed by atoms with Crippen molar-refractivity contribution in [2.75, 3.05) is 11.2 Å². The van der Waals surface area contributed by atoms with Gasteiger partial charge in [-0.1, -0.05) is 0 Å². The Morgan fingerprint density at radius 2 is 2.00 bits per heavy atom. The first kappa shape index (κ1) is 16.6. The number of thiazole rings is 1. The van der Waals surface area contributed by atoms with Crippen LogP contribution in [0.2, 0.25) is 0 Å². The lowest BCUT2D eigenvalue weighted by Crippen LogP contribution is -2.12. The van der Waals surface area contributed by atoms with Gasteiger partial charge in [-0.25, -0.2) is 13.8 Å². The first-order valence-electron chi connectivity index (χ1n) is 5.45. The largest absolute Gasteiger partial charge is 0.419 e. The topological polar surface area (TPSA) is 63.3 Å². The Kier molecular flexibility index (Phi) is 4.66. The van der Waals surface area contributed by atoms with Crippen LogP contribution in [0.3, 0.4) is 0 Å². The molecule has 0 radical (unpaired) electrons. The van der Waals surface area contributed by atoms with Gasteiger partial charge in [0.25, 0.3) is 0 Å². The van der Waals surface area contributed by atoms with E-state index in [1.165, 1.54) is 5.38 Å². The van der Waals surface area contributed by atoms with Gasteiger partial charge in [0.1, 0.15) is 17.5 Å². The summed E-state index contributed by atoms with van der Waals surface area (Å²) in [5.74, 6) is -2.74. The average molecular weight is 401 g/mol. The second-order valence-corrected chi connectivity index (χ2v) is 5.61. The lowest BCUT2D eigenvalue weighted by molar-refractivity contribution is -0.140. The summed E-state index contributed by atoms with van der Waals surface area (Å²) in [6.07, 6.45) is -4.36. The van der Waals surface area contributed by atoms with Gasteiger partial charge in [0.05, 0.1) is 21.8 Å². The number of alkyl halides is 3. The van der Waals surface area contributed by atoms with Crippen molar-refractivity contribution in [3.8, 4) is 0 Å². The fraction of sp³-hybridized carbons (Fsp3) is 0.0909. The smallest absolute Gasteiger partial charge is 0.383 e. The van der Waals surface area contributed by atoms with Gasteiger partial charge in [-0.05, 0) is 22.0 Å². The summed E-state index contributed by atoms with van der Waals surface area (Å²) >= 11 is 3.68. The molecule has 1 aromatic carbocycles. The van der Waals surface area contributed by atoms with Crippen LogP contribution in [0.1, 0.15) is 11.1 Å². The van der Waals surface area contributed by atoms with Gasteiger partial charge in [0.15, 0.2) is 0 Å². The molecular weight excluding hydrogens is 395 g/mol. The molecule has 0 spiro atoms. The third-order valence-electron chi connectivity index (χ3n) is 2.37. The number of aromatic nitrogens is 1. The van der Waals surface area contributed by atoms with E-state index in [-0.39, 0.29) is 10.9 Å². The highest BCUT2D eigenvalue weighted by molar-refractivity contribution is 9.10. The van der Waals surface area contributed by atoms with Crippen molar-refractivity contribution in [2.45, 2.75) is 6.18 Å². The number of benzene rings is 1. The molecule has 1 aromatic heterocycles. The average Bonchev–Trinajstić information content (AvgIpc) is 2.82. The van der Waals surface area contributed by atoms with Crippen molar-refractivity contribution < 1.29 is 22.0 Å². The molecule has 0 bridgehead atoms. The minimum absolute atomic E-state index is 0.210. The van der Waals surface area contributed by atoms with Gasteiger partial charge in [0.2, 0.25) is 5.13 Å². The monoisotopic (exact) mass is 400 g/mol. The summed E-state index contributed by atoms with van der Waals surface area (Å²) in [4.78, 5) is 3.76. The molecule has 0 aliphatic carbocycles. The number of anilines is 2. The maximum atomic E-state index is 13.8. The summed E-state index contributed by atoms with van der Waals surface area (Å²) in [7, 11) is 0. The van der Waals surface area contributed by atoms with Crippen LogP contribution in [-0.4, -0.2) is 11.2 Å². The summed E-state index contributed by atoms with van der Waals surface area (Å²) in [6, 6.07) is 0.330. The molecule has 0 unspecified atom stereocenters. The Morgan fingerprint density at radius 1 is 1.32 bits per heavy atom. The lowest BCUT2D eigenvalue weighted by Gasteiger charge is -2.11. The van der Waals surface area contributed by atoms with Crippen LogP contribution < -0.4 is 11.2 Å². The third kappa shape index (κ3) is 3.53. The predicted molar refractivity (Wildman–Crippen MR) is 76.8 cm³/mol. The third-order valence-corrected chi connectivity index (χ3v) is 3.71. The van der Waals surface area contributed by atoms with Crippen LogP contribution in [-0.2, 0) is 6.18 Å². The number of nitrogens with zero attached hydrogens (tertiary/aromatic N) is 2.